The number of hydrogen-bond donors (Lipinski definition) is 1. The molecule has 5 rings (SSSR count). The Morgan fingerprint density at radius 1 is 1.22 bits per heavy atom. The van der Waals surface area contributed by atoms with E-state index in [1.807, 2.05) is 0 Å². The predicted octanol–water partition coefficient (Wildman–Crippen LogP) is 2.79. The Morgan fingerprint density at radius 3 is 2.62 bits per heavy atom. The molecule has 1 aliphatic heterocycles. The Bertz CT molecular complexity index is 1660. The fraction of sp³-hybridized carbons (Fsp3) is 0.238. The molecule has 4 aromatic rings. The number of amides is 1. The first-order valence-electron chi connectivity index (χ1n) is 10.6. The van der Waals surface area contributed by atoms with Gasteiger partial charge in [-0.25, -0.2) is 13.9 Å². The van der Waals surface area contributed by atoms with Gasteiger partial charge >= 0.3 is 16.4 Å². The Labute approximate surface area is 213 Å². The smallest absolute Gasteiger partial charge is 0.329 e. The van der Waals surface area contributed by atoms with Gasteiger partial charge in [0.1, 0.15) is 11.5 Å². The molecular weight excluding hydrogens is 537 g/mol. The van der Waals surface area contributed by atoms with E-state index in [9.17, 15) is 26.4 Å². The van der Waals surface area contributed by atoms with E-state index in [0.29, 0.717) is 16.8 Å². The molecule has 0 radical (unpaired) electrons. The monoisotopic (exact) mass is 554 g/mol. The molecule has 16 heteroatoms. The number of pyridine rings is 1. The quantitative estimate of drug-likeness (QED) is 0.405. The van der Waals surface area contributed by atoms with Gasteiger partial charge in [0.05, 0.1) is 17.5 Å². The first-order valence-corrected chi connectivity index (χ1v) is 12.4. The molecule has 0 bridgehead atoms. The summed E-state index contributed by atoms with van der Waals surface area (Å²) in [7, 11) is -1.00. The predicted molar refractivity (Wildman–Crippen MR) is 127 cm³/mol. The lowest BCUT2D eigenvalue weighted by atomic mass is 10.1. The van der Waals surface area contributed by atoms with Gasteiger partial charge in [0.2, 0.25) is 0 Å². The average molecular weight is 555 g/mol. The molecule has 5 heterocycles. The summed E-state index contributed by atoms with van der Waals surface area (Å²) >= 11 is 6.38. The van der Waals surface area contributed by atoms with Crippen LogP contribution in [0.5, 0.6) is 0 Å². The van der Waals surface area contributed by atoms with Crippen LogP contribution in [0.15, 0.2) is 43.3 Å². The van der Waals surface area contributed by atoms with Crippen molar-refractivity contribution in [1.82, 2.24) is 37.7 Å². The van der Waals surface area contributed by atoms with Crippen molar-refractivity contribution in [2.75, 3.05) is 27.2 Å². The largest absolute Gasteiger partial charge is 0.420 e. The minimum absolute atomic E-state index is 0.0362. The van der Waals surface area contributed by atoms with E-state index in [1.54, 1.807) is 6.08 Å². The molecule has 1 amide bonds. The fourth-order valence-electron chi connectivity index (χ4n) is 3.86. The van der Waals surface area contributed by atoms with Crippen molar-refractivity contribution >= 4 is 38.9 Å². The Hall–Kier alpha value is -3.69. The molecule has 11 nitrogen and oxygen atoms in total. The van der Waals surface area contributed by atoms with Crippen molar-refractivity contribution in [2.24, 2.45) is 0 Å². The lowest BCUT2D eigenvalue weighted by molar-refractivity contribution is -0.136. The second kappa shape index (κ2) is 8.71. The van der Waals surface area contributed by atoms with Crippen LogP contribution in [0.25, 0.3) is 22.3 Å². The molecule has 0 spiro atoms. The first-order chi connectivity index (χ1) is 17.4. The number of carbonyl (C=O) groups excluding carboxylic acids is 1. The highest BCUT2D eigenvalue weighted by Crippen LogP contribution is 2.37. The third kappa shape index (κ3) is 4.28. The van der Waals surface area contributed by atoms with E-state index >= 15 is 0 Å². The topological polar surface area (TPSA) is 121 Å². The van der Waals surface area contributed by atoms with E-state index in [-0.39, 0.29) is 29.5 Å². The molecular formula is C21H18ClF3N8O3S. The molecule has 1 aliphatic rings. The van der Waals surface area contributed by atoms with Gasteiger partial charge in [-0.1, -0.05) is 17.7 Å². The number of nitrogens with one attached hydrogen (secondary N) is 1. The number of hydrogen-bond acceptors (Lipinski definition) is 6. The third-order valence-corrected chi connectivity index (χ3v) is 7.84. The zero-order chi connectivity index (χ0) is 26.7. The van der Waals surface area contributed by atoms with Crippen molar-refractivity contribution in [3.8, 4) is 11.1 Å². The second-order valence-corrected chi connectivity index (χ2v) is 10.8. The summed E-state index contributed by atoms with van der Waals surface area (Å²) in [6.45, 7) is 0.145. The maximum absolute atomic E-state index is 13.9. The number of nitrogens with zero attached hydrogens (tertiary/aromatic N) is 7. The molecule has 0 saturated heterocycles. The Balaban J connectivity index is 1.46. The summed E-state index contributed by atoms with van der Waals surface area (Å²) < 4.78 is 69.2. The number of aromatic amines is 1. The number of imidazole rings is 2. The average Bonchev–Trinajstić information content (AvgIpc) is 3.64. The van der Waals surface area contributed by atoms with Gasteiger partial charge in [0.25, 0.3) is 5.91 Å². The van der Waals surface area contributed by atoms with Gasteiger partial charge in [-0.3, -0.25) is 14.3 Å². The Morgan fingerprint density at radius 2 is 1.97 bits per heavy atom. The van der Waals surface area contributed by atoms with E-state index in [4.69, 9.17) is 11.6 Å². The van der Waals surface area contributed by atoms with Gasteiger partial charge in [0.15, 0.2) is 11.3 Å². The van der Waals surface area contributed by atoms with Crippen LogP contribution in [-0.4, -0.2) is 79.3 Å². The van der Waals surface area contributed by atoms with Crippen LogP contribution in [0, 0.1) is 0 Å². The van der Waals surface area contributed by atoms with Crippen LogP contribution in [-0.2, 0) is 16.4 Å². The number of fused-ring (bicyclic) bond motifs is 1. The lowest BCUT2D eigenvalue weighted by Crippen LogP contribution is -2.29. The van der Waals surface area contributed by atoms with Gasteiger partial charge < -0.3 is 4.90 Å². The summed E-state index contributed by atoms with van der Waals surface area (Å²) in [5.41, 5.74) is -0.417. The van der Waals surface area contributed by atoms with Crippen LogP contribution < -0.4 is 0 Å². The number of halogens is 4. The lowest BCUT2D eigenvalue weighted by Gasteiger charge is -2.15. The summed E-state index contributed by atoms with van der Waals surface area (Å²) in [6, 6.07) is 0.922. The van der Waals surface area contributed by atoms with Crippen molar-refractivity contribution in [2.45, 2.75) is 6.18 Å². The minimum atomic E-state index is -4.76. The van der Waals surface area contributed by atoms with Gasteiger partial charge in [-0.05, 0) is 11.6 Å². The molecule has 1 N–H and O–H groups in total. The molecule has 0 atom stereocenters. The Kier molecular flexibility index (Phi) is 5.88. The maximum atomic E-state index is 13.9. The van der Waals surface area contributed by atoms with Crippen LogP contribution in [0.3, 0.4) is 0 Å². The highest BCUT2D eigenvalue weighted by Gasteiger charge is 2.37. The number of rotatable bonds is 5. The van der Waals surface area contributed by atoms with Crippen molar-refractivity contribution in [3.63, 3.8) is 0 Å². The minimum Gasteiger partial charge on any atom is -0.329 e. The number of alkyl halides is 3. The highest BCUT2D eigenvalue weighted by molar-refractivity contribution is 7.87. The van der Waals surface area contributed by atoms with E-state index in [1.165, 1.54) is 43.8 Å². The van der Waals surface area contributed by atoms with Crippen LogP contribution in [0.2, 0.25) is 5.15 Å². The normalized spacial score (nSPS) is 14.7. The zero-order valence-electron chi connectivity index (χ0n) is 19.2. The molecule has 4 aromatic heterocycles. The molecule has 0 saturated carbocycles. The SMILES string of the molecule is CN(C)S(=O)(=O)n1cnc(C2=CCN(C(=O)c3nc4c(C(F)(F)F)cc(-c5cn[nH]c5)cn4c3Cl)C2)c1. The van der Waals surface area contributed by atoms with Crippen molar-refractivity contribution < 1.29 is 26.4 Å². The summed E-state index contributed by atoms with van der Waals surface area (Å²) in [5, 5.41) is 6.03. The highest BCUT2D eigenvalue weighted by atomic mass is 35.5. The molecule has 194 valence electrons. The van der Waals surface area contributed by atoms with E-state index in [2.05, 4.69) is 20.2 Å². The standard InChI is InChI=1S/C21H18ClF3N8O3S/c1-30(2)37(35,36)32-10-16(26-11-32)12-3-4-31(8-12)20(34)17-18(22)33-9-13(14-6-27-28-7-14)5-15(19(33)29-17)21(23,24)25/h3,5-7,9-11H,4,8H2,1-2H3,(H,27,28). The fourth-order valence-corrected chi connectivity index (χ4v) is 4.89. The summed E-state index contributed by atoms with van der Waals surface area (Å²) in [6.07, 6.45) is 3.53. The molecule has 0 unspecified atom stereocenters. The number of carbonyl (C=O) groups is 1. The summed E-state index contributed by atoms with van der Waals surface area (Å²) in [5.74, 6) is -0.682. The van der Waals surface area contributed by atoms with Crippen molar-refractivity contribution in [1.29, 1.82) is 0 Å². The first kappa shape index (κ1) is 25.0. The van der Waals surface area contributed by atoms with Crippen LogP contribution >= 0.6 is 11.6 Å². The molecule has 37 heavy (non-hydrogen) atoms. The number of aromatic nitrogens is 6. The van der Waals surface area contributed by atoms with E-state index in [0.717, 1.165) is 25.1 Å². The summed E-state index contributed by atoms with van der Waals surface area (Å²) in [4.78, 5) is 22.7. The third-order valence-electron chi connectivity index (χ3n) is 5.82. The van der Waals surface area contributed by atoms with Crippen LogP contribution in [0.1, 0.15) is 21.7 Å². The van der Waals surface area contributed by atoms with Crippen molar-refractivity contribution in [3.05, 3.63) is 65.4 Å². The number of H-pyrrole nitrogens is 1. The van der Waals surface area contributed by atoms with Crippen LogP contribution in [0.4, 0.5) is 13.2 Å². The van der Waals surface area contributed by atoms with Gasteiger partial charge in [0, 0.05) is 56.9 Å². The zero-order valence-corrected chi connectivity index (χ0v) is 20.8. The van der Waals surface area contributed by atoms with Gasteiger partial charge in [-0.15, -0.1) is 0 Å². The molecule has 0 aliphatic carbocycles. The molecule has 0 fully saturated rings. The van der Waals surface area contributed by atoms with Gasteiger partial charge in [-0.2, -0.15) is 31.0 Å². The maximum Gasteiger partial charge on any atom is 0.420 e. The van der Waals surface area contributed by atoms with E-state index < -0.39 is 33.5 Å². The molecule has 0 aromatic carbocycles. The second-order valence-electron chi connectivity index (χ2n) is 8.37.